The molecule has 0 aromatic heterocycles. The maximum Gasteiger partial charge on any atom is 0.345 e. The molecule has 0 saturated carbocycles. The van der Waals surface area contributed by atoms with Crippen LogP contribution in [0.4, 0.5) is 11.4 Å². The topological polar surface area (TPSA) is 143 Å². The molecule has 1 amide bonds. The second kappa shape index (κ2) is 10.1. The molecule has 31 heavy (non-hydrogen) atoms. The summed E-state index contributed by atoms with van der Waals surface area (Å²) in [5.74, 6) is -2.24. The van der Waals surface area contributed by atoms with Gasteiger partial charge in [0.1, 0.15) is 5.56 Å². The molecule has 1 N–H and O–H groups in total. The molecule has 0 aliphatic rings. The van der Waals surface area contributed by atoms with Gasteiger partial charge < -0.3 is 24.3 Å². The van der Waals surface area contributed by atoms with Gasteiger partial charge in [-0.3, -0.25) is 14.9 Å². The van der Waals surface area contributed by atoms with E-state index in [1.54, 1.807) is 13.0 Å². The van der Waals surface area contributed by atoms with Crippen LogP contribution in [-0.4, -0.2) is 50.7 Å². The van der Waals surface area contributed by atoms with Crippen LogP contribution in [0.1, 0.15) is 26.3 Å². The average Bonchev–Trinajstić information content (AvgIpc) is 2.77. The molecule has 0 bridgehead atoms. The summed E-state index contributed by atoms with van der Waals surface area (Å²) in [7, 11) is 3.82. The zero-order valence-corrected chi connectivity index (χ0v) is 17.2. The smallest absolute Gasteiger partial charge is 0.345 e. The second-order valence-corrected chi connectivity index (χ2v) is 6.13. The Labute approximate surface area is 177 Å². The zero-order valence-electron chi connectivity index (χ0n) is 17.2. The van der Waals surface area contributed by atoms with Gasteiger partial charge in [-0.15, -0.1) is 0 Å². The first-order valence-electron chi connectivity index (χ1n) is 8.78. The van der Waals surface area contributed by atoms with Gasteiger partial charge in [0.25, 0.3) is 11.6 Å². The van der Waals surface area contributed by atoms with Crippen LogP contribution in [-0.2, 0) is 14.3 Å². The number of aryl methyl sites for hydroxylation is 1. The number of anilines is 1. The Morgan fingerprint density at radius 1 is 1.00 bits per heavy atom. The number of amides is 1. The fourth-order valence-electron chi connectivity index (χ4n) is 2.58. The summed E-state index contributed by atoms with van der Waals surface area (Å²) in [6, 6.07) is 6.69. The molecule has 2 aromatic carbocycles. The van der Waals surface area contributed by atoms with E-state index in [2.05, 4.69) is 10.1 Å². The summed E-state index contributed by atoms with van der Waals surface area (Å²) in [4.78, 5) is 46.8. The number of nitro benzene ring substituents is 1. The van der Waals surface area contributed by atoms with E-state index >= 15 is 0 Å². The van der Waals surface area contributed by atoms with E-state index in [1.807, 2.05) is 0 Å². The standard InChI is InChI=1S/C20H20N2O9/c1-11-5-6-12(19(24)30-4)7-14(11)21-18(23)10-31-20(25)13-8-16(28-2)17(29-3)9-15(13)22(26)27/h5-9H,10H2,1-4H3,(H,21,23). The van der Waals surface area contributed by atoms with Gasteiger partial charge >= 0.3 is 11.9 Å². The SMILES string of the molecule is COC(=O)c1ccc(C)c(NC(=O)COC(=O)c2cc(OC)c(OC)cc2[N+](=O)[O-])c1. The van der Waals surface area contributed by atoms with Crippen molar-refractivity contribution >= 4 is 29.2 Å². The van der Waals surface area contributed by atoms with E-state index in [0.717, 1.165) is 12.1 Å². The number of carbonyl (C=O) groups excluding carboxylic acids is 3. The molecule has 0 fully saturated rings. The van der Waals surface area contributed by atoms with Crippen molar-refractivity contribution in [2.45, 2.75) is 6.92 Å². The van der Waals surface area contributed by atoms with Gasteiger partial charge in [0, 0.05) is 11.8 Å². The maximum absolute atomic E-state index is 12.4. The van der Waals surface area contributed by atoms with Crippen LogP contribution in [0, 0.1) is 17.0 Å². The van der Waals surface area contributed by atoms with E-state index in [1.165, 1.54) is 33.5 Å². The van der Waals surface area contributed by atoms with Crippen molar-refractivity contribution in [1.29, 1.82) is 0 Å². The Kier molecular flexibility index (Phi) is 7.50. The fraction of sp³-hybridized carbons (Fsp3) is 0.250. The third-order valence-electron chi connectivity index (χ3n) is 4.19. The molecule has 0 spiro atoms. The van der Waals surface area contributed by atoms with Crippen LogP contribution >= 0.6 is 0 Å². The molecule has 2 rings (SSSR count). The number of nitrogens with zero attached hydrogens (tertiary/aromatic N) is 1. The molecule has 0 saturated heterocycles. The summed E-state index contributed by atoms with van der Waals surface area (Å²) in [5.41, 5.74) is 0.231. The van der Waals surface area contributed by atoms with Crippen molar-refractivity contribution in [3.05, 3.63) is 57.1 Å². The number of ether oxygens (including phenoxy) is 4. The Hall–Kier alpha value is -4.15. The minimum atomic E-state index is -1.09. The lowest BCUT2D eigenvalue weighted by Gasteiger charge is -2.12. The predicted molar refractivity (Wildman–Crippen MR) is 108 cm³/mol. The number of hydrogen-bond acceptors (Lipinski definition) is 9. The Morgan fingerprint density at radius 3 is 2.23 bits per heavy atom. The summed E-state index contributed by atoms with van der Waals surface area (Å²) >= 11 is 0. The van der Waals surface area contributed by atoms with Gasteiger partial charge in [-0.25, -0.2) is 9.59 Å². The van der Waals surface area contributed by atoms with Crippen LogP contribution in [0.25, 0.3) is 0 Å². The van der Waals surface area contributed by atoms with Crippen LogP contribution in [0.2, 0.25) is 0 Å². The van der Waals surface area contributed by atoms with Crippen LogP contribution in [0.3, 0.4) is 0 Å². The quantitative estimate of drug-likeness (QED) is 0.378. The summed E-state index contributed by atoms with van der Waals surface area (Å²) < 4.78 is 19.6. The van der Waals surface area contributed by atoms with E-state index in [9.17, 15) is 24.5 Å². The van der Waals surface area contributed by atoms with Gasteiger partial charge in [-0.1, -0.05) is 6.07 Å². The molecule has 0 aliphatic carbocycles. The van der Waals surface area contributed by atoms with Crippen molar-refractivity contribution in [1.82, 2.24) is 0 Å². The number of methoxy groups -OCH3 is 3. The average molecular weight is 432 g/mol. The molecule has 11 heteroatoms. The third kappa shape index (κ3) is 5.47. The third-order valence-corrected chi connectivity index (χ3v) is 4.19. The molecule has 164 valence electrons. The lowest BCUT2D eigenvalue weighted by molar-refractivity contribution is -0.385. The highest BCUT2D eigenvalue weighted by atomic mass is 16.6. The number of hydrogen-bond donors (Lipinski definition) is 1. The Morgan fingerprint density at radius 2 is 1.65 bits per heavy atom. The van der Waals surface area contributed by atoms with Crippen molar-refractivity contribution in [3.63, 3.8) is 0 Å². The van der Waals surface area contributed by atoms with E-state index in [0.29, 0.717) is 11.3 Å². The highest BCUT2D eigenvalue weighted by molar-refractivity contribution is 5.99. The second-order valence-electron chi connectivity index (χ2n) is 6.13. The largest absolute Gasteiger partial charge is 0.493 e. The zero-order chi connectivity index (χ0) is 23.1. The number of esters is 2. The van der Waals surface area contributed by atoms with Crippen LogP contribution in [0.15, 0.2) is 30.3 Å². The number of nitro groups is 1. The first-order chi connectivity index (χ1) is 14.7. The van der Waals surface area contributed by atoms with Gasteiger partial charge in [-0.05, 0) is 24.6 Å². The molecule has 11 nitrogen and oxygen atoms in total. The fourth-order valence-corrected chi connectivity index (χ4v) is 2.58. The highest BCUT2D eigenvalue weighted by Crippen LogP contribution is 2.34. The molecule has 0 aliphatic heterocycles. The van der Waals surface area contributed by atoms with Crippen LogP contribution < -0.4 is 14.8 Å². The summed E-state index contributed by atoms with van der Waals surface area (Å²) in [5, 5.41) is 13.8. The van der Waals surface area contributed by atoms with Crippen molar-refractivity contribution < 1.29 is 38.3 Å². The predicted octanol–water partition coefficient (Wildman–Crippen LogP) is 2.50. The molecular weight excluding hydrogens is 412 g/mol. The first-order valence-corrected chi connectivity index (χ1v) is 8.78. The summed E-state index contributed by atoms with van der Waals surface area (Å²) in [6.45, 7) is 0.988. The van der Waals surface area contributed by atoms with Gasteiger partial charge in [-0.2, -0.15) is 0 Å². The number of carbonyl (C=O) groups is 3. The van der Waals surface area contributed by atoms with E-state index in [-0.39, 0.29) is 17.1 Å². The Balaban J connectivity index is 2.15. The lowest BCUT2D eigenvalue weighted by Crippen LogP contribution is -2.22. The van der Waals surface area contributed by atoms with Gasteiger partial charge in [0.15, 0.2) is 18.1 Å². The Bertz CT molecular complexity index is 1030. The van der Waals surface area contributed by atoms with Crippen LogP contribution in [0.5, 0.6) is 11.5 Å². The number of rotatable bonds is 8. The number of benzene rings is 2. The minimum Gasteiger partial charge on any atom is -0.493 e. The normalized spacial score (nSPS) is 10.1. The number of nitrogens with one attached hydrogen (secondary N) is 1. The minimum absolute atomic E-state index is 0.0597. The molecular formula is C20H20N2O9. The van der Waals surface area contributed by atoms with Gasteiger partial charge in [0.2, 0.25) is 0 Å². The lowest BCUT2D eigenvalue weighted by atomic mass is 10.1. The molecule has 0 atom stereocenters. The van der Waals surface area contributed by atoms with Gasteiger partial charge in [0.05, 0.1) is 37.9 Å². The first kappa shape index (κ1) is 23.1. The summed E-state index contributed by atoms with van der Waals surface area (Å²) in [6.07, 6.45) is 0. The monoisotopic (exact) mass is 432 g/mol. The maximum atomic E-state index is 12.4. The molecule has 0 radical (unpaired) electrons. The van der Waals surface area contributed by atoms with Crippen molar-refractivity contribution in [3.8, 4) is 11.5 Å². The molecule has 2 aromatic rings. The van der Waals surface area contributed by atoms with Crippen molar-refractivity contribution in [2.75, 3.05) is 33.3 Å². The molecule has 0 heterocycles. The van der Waals surface area contributed by atoms with E-state index < -0.39 is 40.6 Å². The van der Waals surface area contributed by atoms with E-state index in [4.69, 9.17) is 14.2 Å². The highest BCUT2D eigenvalue weighted by Gasteiger charge is 2.26. The molecule has 0 unspecified atom stereocenters. The van der Waals surface area contributed by atoms with Crippen molar-refractivity contribution in [2.24, 2.45) is 0 Å².